The van der Waals surface area contributed by atoms with Gasteiger partial charge in [0.15, 0.2) is 5.82 Å². The van der Waals surface area contributed by atoms with Gasteiger partial charge < -0.3 is 14.2 Å². The van der Waals surface area contributed by atoms with Crippen molar-refractivity contribution in [2.45, 2.75) is 20.5 Å². The largest absolute Gasteiger partial charge is 0.497 e. The fourth-order valence-electron chi connectivity index (χ4n) is 2.75. The van der Waals surface area contributed by atoms with Gasteiger partial charge in [0.1, 0.15) is 23.9 Å². The molecule has 7 nitrogen and oxygen atoms in total. The molecule has 0 aliphatic carbocycles. The number of nitrogens with one attached hydrogen (secondary N) is 1. The number of benzene rings is 2. The molecule has 0 saturated carbocycles. The Morgan fingerprint density at radius 3 is 2.57 bits per heavy atom. The van der Waals surface area contributed by atoms with Crippen molar-refractivity contribution in [3.05, 3.63) is 63.7 Å². The van der Waals surface area contributed by atoms with Crippen molar-refractivity contribution in [2.75, 3.05) is 14.2 Å². The minimum Gasteiger partial charge on any atom is -0.497 e. The number of aryl methyl sites for hydroxylation is 2. The second-order valence-electron chi connectivity index (χ2n) is 6.12. The van der Waals surface area contributed by atoms with Crippen LogP contribution >= 0.6 is 12.2 Å². The third-order valence-corrected chi connectivity index (χ3v) is 4.49. The quantitative estimate of drug-likeness (QED) is 0.480. The Morgan fingerprint density at radius 2 is 1.89 bits per heavy atom. The summed E-state index contributed by atoms with van der Waals surface area (Å²) in [5.41, 5.74) is 2.91. The Morgan fingerprint density at radius 1 is 1.14 bits per heavy atom. The summed E-state index contributed by atoms with van der Waals surface area (Å²) in [6.45, 7) is 4.25. The molecular weight excluding hydrogens is 376 g/mol. The molecule has 0 saturated heterocycles. The summed E-state index contributed by atoms with van der Waals surface area (Å²) < 4.78 is 18.5. The average Bonchev–Trinajstić information content (AvgIpc) is 3.05. The second kappa shape index (κ2) is 8.71. The van der Waals surface area contributed by atoms with Crippen LogP contribution in [0.25, 0.3) is 0 Å². The Bertz CT molecular complexity index is 1040. The lowest BCUT2D eigenvalue weighted by Crippen LogP contribution is -2.06. The van der Waals surface area contributed by atoms with Gasteiger partial charge in [0.05, 0.1) is 20.4 Å². The van der Waals surface area contributed by atoms with Crippen molar-refractivity contribution in [3.8, 4) is 17.2 Å². The van der Waals surface area contributed by atoms with E-state index < -0.39 is 0 Å². The first kappa shape index (κ1) is 19.6. The van der Waals surface area contributed by atoms with E-state index in [9.17, 15) is 0 Å². The van der Waals surface area contributed by atoms with E-state index in [1.165, 1.54) is 4.68 Å². The predicted molar refractivity (Wildman–Crippen MR) is 110 cm³/mol. The molecule has 0 atom stereocenters. The summed E-state index contributed by atoms with van der Waals surface area (Å²) in [6, 6.07) is 11.5. The van der Waals surface area contributed by atoms with Crippen molar-refractivity contribution in [2.24, 2.45) is 5.10 Å². The summed E-state index contributed by atoms with van der Waals surface area (Å²) in [6.07, 6.45) is 1.66. The Hall–Kier alpha value is -3.13. The molecule has 2 aromatic carbocycles. The molecule has 8 heteroatoms. The maximum absolute atomic E-state index is 5.97. The van der Waals surface area contributed by atoms with E-state index in [1.54, 1.807) is 26.5 Å². The van der Waals surface area contributed by atoms with Crippen LogP contribution in [-0.4, -0.2) is 35.3 Å². The first-order chi connectivity index (χ1) is 13.5. The maximum Gasteiger partial charge on any atom is 0.216 e. The number of methoxy groups -OCH3 is 2. The van der Waals surface area contributed by atoms with Crippen molar-refractivity contribution in [1.82, 2.24) is 14.9 Å². The molecule has 1 heterocycles. The molecule has 0 amide bonds. The molecule has 0 fully saturated rings. The van der Waals surface area contributed by atoms with Gasteiger partial charge in [-0.15, -0.1) is 0 Å². The molecule has 0 bridgehead atoms. The Balaban J connectivity index is 1.84. The predicted octanol–water partition coefficient (Wildman–Crippen LogP) is 4.04. The molecule has 1 N–H and O–H groups in total. The molecule has 0 aliphatic heterocycles. The van der Waals surface area contributed by atoms with Crippen molar-refractivity contribution in [1.29, 1.82) is 0 Å². The van der Waals surface area contributed by atoms with Gasteiger partial charge in [0, 0.05) is 11.6 Å². The van der Waals surface area contributed by atoms with Gasteiger partial charge in [-0.1, -0.05) is 18.2 Å². The SMILES string of the molecule is COc1ccc(/C=N\n2c(COc3c(C)cccc3C)n[nH]c2=S)c(OC)c1. The lowest BCUT2D eigenvalue weighted by molar-refractivity contribution is 0.287. The molecule has 28 heavy (non-hydrogen) atoms. The van der Waals surface area contributed by atoms with Crippen LogP contribution in [0.5, 0.6) is 17.2 Å². The lowest BCUT2D eigenvalue weighted by atomic mass is 10.1. The Kier molecular flexibility index (Phi) is 6.10. The van der Waals surface area contributed by atoms with E-state index in [-0.39, 0.29) is 6.61 Å². The highest BCUT2D eigenvalue weighted by atomic mass is 32.1. The monoisotopic (exact) mass is 398 g/mol. The minimum atomic E-state index is 0.232. The zero-order valence-electron chi connectivity index (χ0n) is 16.2. The summed E-state index contributed by atoms with van der Waals surface area (Å²) in [4.78, 5) is 0. The van der Waals surface area contributed by atoms with Gasteiger partial charge in [0.25, 0.3) is 0 Å². The summed E-state index contributed by atoms with van der Waals surface area (Å²) in [5.74, 6) is 2.75. The van der Waals surface area contributed by atoms with Gasteiger partial charge in [-0.3, -0.25) is 0 Å². The number of ether oxygens (including phenoxy) is 3. The molecule has 3 rings (SSSR count). The van der Waals surface area contributed by atoms with E-state index in [1.807, 2.05) is 44.2 Å². The number of aromatic nitrogens is 3. The zero-order chi connectivity index (χ0) is 20.1. The van der Waals surface area contributed by atoms with Gasteiger partial charge >= 0.3 is 0 Å². The van der Waals surface area contributed by atoms with Crippen molar-refractivity contribution < 1.29 is 14.2 Å². The highest BCUT2D eigenvalue weighted by molar-refractivity contribution is 7.71. The van der Waals surface area contributed by atoms with Crippen LogP contribution in [0.3, 0.4) is 0 Å². The average molecular weight is 398 g/mol. The van der Waals surface area contributed by atoms with Crippen LogP contribution in [-0.2, 0) is 6.61 Å². The van der Waals surface area contributed by atoms with Crippen LogP contribution in [0.4, 0.5) is 0 Å². The molecule has 3 aromatic rings. The number of hydrogen-bond donors (Lipinski definition) is 1. The summed E-state index contributed by atoms with van der Waals surface area (Å²) in [7, 11) is 3.20. The first-order valence-electron chi connectivity index (χ1n) is 8.65. The summed E-state index contributed by atoms with van der Waals surface area (Å²) >= 11 is 5.30. The number of H-pyrrole nitrogens is 1. The number of rotatable bonds is 7. The number of aromatic amines is 1. The lowest BCUT2D eigenvalue weighted by Gasteiger charge is -2.11. The molecule has 146 valence electrons. The topological polar surface area (TPSA) is 73.7 Å². The highest BCUT2D eigenvalue weighted by Crippen LogP contribution is 2.24. The zero-order valence-corrected chi connectivity index (χ0v) is 17.0. The molecule has 0 radical (unpaired) electrons. The van der Waals surface area contributed by atoms with Gasteiger partial charge in [-0.05, 0) is 49.3 Å². The molecule has 0 spiro atoms. The molecular formula is C20H22N4O3S. The van der Waals surface area contributed by atoms with E-state index in [4.69, 9.17) is 26.4 Å². The standard InChI is InChI=1S/C20H22N4O3S/c1-13-6-5-7-14(2)19(13)27-12-18-22-23-20(28)24(18)21-11-15-8-9-16(25-3)10-17(15)26-4/h5-11H,12H2,1-4H3,(H,23,28)/b21-11-. The van der Waals surface area contributed by atoms with Crippen molar-refractivity contribution >= 4 is 18.4 Å². The van der Waals surface area contributed by atoms with Gasteiger partial charge in [0.2, 0.25) is 4.77 Å². The van der Waals surface area contributed by atoms with Crippen LogP contribution in [0.2, 0.25) is 0 Å². The molecule has 0 unspecified atom stereocenters. The second-order valence-corrected chi connectivity index (χ2v) is 6.51. The smallest absolute Gasteiger partial charge is 0.216 e. The van der Waals surface area contributed by atoms with E-state index in [0.717, 1.165) is 22.4 Å². The maximum atomic E-state index is 5.97. The Labute approximate surface area is 168 Å². The van der Waals surface area contributed by atoms with E-state index in [0.29, 0.717) is 22.1 Å². The third-order valence-electron chi connectivity index (χ3n) is 4.22. The third kappa shape index (κ3) is 4.23. The molecule has 0 aliphatic rings. The number of hydrogen-bond acceptors (Lipinski definition) is 6. The molecule has 1 aromatic heterocycles. The fraction of sp³-hybridized carbons (Fsp3) is 0.250. The highest BCUT2D eigenvalue weighted by Gasteiger charge is 2.10. The number of para-hydroxylation sites is 1. The van der Waals surface area contributed by atoms with Crippen molar-refractivity contribution in [3.63, 3.8) is 0 Å². The first-order valence-corrected chi connectivity index (χ1v) is 9.06. The van der Waals surface area contributed by atoms with Crippen LogP contribution in [0.1, 0.15) is 22.5 Å². The van der Waals surface area contributed by atoms with E-state index in [2.05, 4.69) is 15.3 Å². The van der Waals surface area contributed by atoms with E-state index >= 15 is 0 Å². The fourth-order valence-corrected chi connectivity index (χ4v) is 2.94. The minimum absolute atomic E-state index is 0.232. The van der Waals surface area contributed by atoms with Gasteiger partial charge in [-0.25, -0.2) is 5.10 Å². The number of nitrogens with zero attached hydrogens (tertiary/aromatic N) is 3. The van der Waals surface area contributed by atoms with Crippen LogP contribution < -0.4 is 14.2 Å². The van der Waals surface area contributed by atoms with Crippen LogP contribution in [0, 0.1) is 18.6 Å². The summed E-state index contributed by atoms with van der Waals surface area (Å²) in [5, 5.41) is 11.4. The van der Waals surface area contributed by atoms with Crippen LogP contribution in [0.15, 0.2) is 41.5 Å². The normalized spacial score (nSPS) is 11.0. The van der Waals surface area contributed by atoms with Gasteiger partial charge in [-0.2, -0.15) is 14.9 Å².